The van der Waals surface area contributed by atoms with Gasteiger partial charge in [0.25, 0.3) is 0 Å². The second kappa shape index (κ2) is 8.53. The Labute approximate surface area is 175 Å². The van der Waals surface area contributed by atoms with Crippen LogP contribution in [0.3, 0.4) is 0 Å². The highest BCUT2D eigenvalue weighted by Crippen LogP contribution is 2.30. The van der Waals surface area contributed by atoms with Crippen LogP contribution in [0, 0.1) is 0 Å². The maximum Gasteiger partial charge on any atom is 0.163 e. The Hall–Kier alpha value is -2.78. The molecule has 0 radical (unpaired) electrons. The van der Waals surface area contributed by atoms with Crippen molar-refractivity contribution in [1.29, 1.82) is 0 Å². The minimum atomic E-state index is 0.349. The van der Waals surface area contributed by atoms with Crippen molar-refractivity contribution in [2.75, 3.05) is 51.4 Å². The highest BCUT2D eigenvalue weighted by molar-refractivity contribution is 5.86. The van der Waals surface area contributed by atoms with E-state index in [0.717, 1.165) is 86.9 Å². The van der Waals surface area contributed by atoms with Crippen molar-refractivity contribution >= 4 is 16.9 Å². The van der Waals surface area contributed by atoms with Crippen LogP contribution in [-0.2, 0) is 11.3 Å². The van der Waals surface area contributed by atoms with Crippen molar-refractivity contribution in [3.8, 4) is 5.75 Å². The number of likely N-dealkylation sites (tertiary alicyclic amines) is 1. The summed E-state index contributed by atoms with van der Waals surface area (Å²) in [6.07, 6.45) is 9.33. The van der Waals surface area contributed by atoms with Gasteiger partial charge in [-0.25, -0.2) is 14.6 Å². The van der Waals surface area contributed by atoms with Gasteiger partial charge < -0.3 is 14.4 Å². The predicted molar refractivity (Wildman–Crippen MR) is 113 cm³/mol. The highest BCUT2D eigenvalue weighted by Gasteiger charge is 2.25. The molecule has 0 aliphatic carbocycles. The number of methoxy groups -OCH3 is 1. The first-order valence-electron chi connectivity index (χ1n) is 10.5. The van der Waals surface area contributed by atoms with E-state index in [1.54, 1.807) is 19.6 Å². The molecule has 3 aromatic heterocycles. The summed E-state index contributed by atoms with van der Waals surface area (Å²) in [7, 11) is 1.71. The fourth-order valence-electron chi connectivity index (χ4n) is 4.44. The summed E-state index contributed by atoms with van der Waals surface area (Å²) in [6.45, 7) is 6.05. The maximum absolute atomic E-state index is 5.48. The number of hydrogen-bond acceptors (Lipinski definition) is 8. The number of aromatic nitrogens is 5. The molecule has 0 spiro atoms. The summed E-state index contributed by atoms with van der Waals surface area (Å²) in [4.78, 5) is 18.1. The van der Waals surface area contributed by atoms with Gasteiger partial charge in [0, 0.05) is 50.7 Å². The van der Waals surface area contributed by atoms with Gasteiger partial charge in [0.1, 0.15) is 17.9 Å². The molecule has 0 aromatic carbocycles. The van der Waals surface area contributed by atoms with Crippen LogP contribution in [0.15, 0.2) is 31.0 Å². The van der Waals surface area contributed by atoms with Crippen molar-refractivity contribution < 1.29 is 9.47 Å². The minimum absolute atomic E-state index is 0.349. The third-order valence-electron chi connectivity index (χ3n) is 6.06. The number of rotatable bonds is 5. The molecule has 2 aliphatic heterocycles. The van der Waals surface area contributed by atoms with Gasteiger partial charge in [-0.1, -0.05) is 0 Å². The van der Waals surface area contributed by atoms with Crippen molar-refractivity contribution in [1.82, 2.24) is 29.6 Å². The maximum atomic E-state index is 5.48. The molecule has 0 N–H and O–H groups in total. The molecule has 0 unspecified atom stereocenters. The molecule has 3 aromatic rings. The molecule has 30 heavy (non-hydrogen) atoms. The summed E-state index contributed by atoms with van der Waals surface area (Å²) in [5, 5.41) is 5.75. The summed E-state index contributed by atoms with van der Waals surface area (Å²) in [6, 6.07) is 2.27. The molecule has 9 nitrogen and oxygen atoms in total. The molecule has 0 atom stereocenters. The first kappa shape index (κ1) is 19.2. The van der Waals surface area contributed by atoms with Crippen molar-refractivity contribution in [3.63, 3.8) is 0 Å². The molecule has 2 aliphatic rings. The monoisotopic (exact) mass is 409 g/mol. The Balaban J connectivity index is 1.29. The quantitative estimate of drug-likeness (QED) is 0.632. The van der Waals surface area contributed by atoms with E-state index in [-0.39, 0.29) is 0 Å². The molecule has 0 saturated carbocycles. The fraction of sp³-hybridized carbons (Fsp3) is 0.524. The average molecular weight is 409 g/mol. The zero-order valence-corrected chi connectivity index (χ0v) is 17.3. The third kappa shape index (κ3) is 3.70. The second-order valence-electron chi connectivity index (χ2n) is 7.82. The minimum Gasteiger partial charge on any atom is -0.496 e. The van der Waals surface area contributed by atoms with Gasteiger partial charge in [-0.15, -0.1) is 0 Å². The van der Waals surface area contributed by atoms with E-state index < -0.39 is 0 Å². The van der Waals surface area contributed by atoms with E-state index >= 15 is 0 Å². The van der Waals surface area contributed by atoms with Gasteiger partial charge in [-0.05, 0) is 18.9 Å². The lowest BCUT2D eigenvalue weighted by Gasteiger charge is -2.32. The fourth-order valence-corrected chi connectivity index (χ4v) is 4.44. The molecule has 9 heteroatoms. The van der Waals surface area contributed by atoms with Crippen molar-refractivity contribution in [2.45, 2.75) is 25.4 Å². The molecule has 2 saturated heterocycles. The van der Waals surface area contributed by atoms with E-state index in [2.05, 4.69) is 29.4 Å². The Morgan fingerprint density at radius 1 is 1.10 bits per heavy atom. The van der Waals surface area contributed by atoms with Crippen LogP contribution >= 0.6 is 0 Å². The van der Waals surface area contributed by atoms with Gasteiger partial charge in [-0.3, -0.25) is 9.88 Å². The average Bonchev–Trinajstić information content (AvgIpc) is 3.25. The lowest BCUT2D eigenvalue weighted by molar-refractivity contribution is 0.122. The molecule has 2 fully saturated rings. The molecule has 0 bridgehead atoms. The van der Waals surface area contributed by atoms with Crippen LogP contribution in [0.2, 0.25) is 0 Å². The standard InChI is InChI=1S/C21H27N7O2/c1-29-19-2-5-22-12-16(19)14-26-6-3-17(4-7-26)28-21-18(13-25-28)20(23-15-24-21)27-8-10-30-11-9-27/h2,5,12-13,15,17H,3-4,6-11,14H2,1H3. The number of ether oxygens (including phenoxy) is 2. The smallest absolute Gasteiger partial charge is 0.163 e. The van der Waals surface area contributed by atoms with Gasteiger partial charge in [-0.2, -0.15) is 5.10 Å². The van der Waals surface area contributed by atoms with Crippen LogP contribution in [0.25, 0.3) is 11.0 Å². The number of pyridine rings is 1. The molecular weight excluding hydrogens is 382 g/mol. The number of fused-ring (bicyclic) bond motifs is 1. The Morgan fingerprint density at radius 3 is 2.73 bits per heavy atom. The predicted octanol–water partition coefficient (Wildman–Crippen LogP) is 1.90. The van der Waals surface area contributed by atoms with Crippen LogP contribution in [0.5, 0.6) is 5.75 Å². The molecule has 158 valence electrons. The number of nitrogens with zero attached hydrogens (tertiary/aromatic N) is 7. The van der Waals surface area contributed by atoms with Crippen molar-refractivity contribution in [2.24, 2.45) is 0 Å². The molecule has 5 rings (SSSR count). The Morgan fingerprint density at radius 2 is 1.93 bits per heavy atom. The van der Waals surface area contributed by atoms with E-state index in [1.807, 2.05) is 18.5 Å². The topological polar surface area (TPSA) is 81.4 Å². The van der Waals surface area contributed by atoms with Crippen LogP contribution in [-0.4, -0.2) is 76.1 Å². The molecular formula is C21H27N7O2. The largest absolute Gasteiger partial charge is 0.496 e. The first-order chi connectivity index (χ1) is 14.8. The number of anilines is 1. The van der Waals surface area contributed by atoms with Crippen LogP contribution in [0.4, 0.5) is 5.82 Å². The Kier molecular flexibility index (Phi) is 5.46. The van der Waals surface area contributed by atoms with Crippen LogP contribution < -0.4 is 9.64 Å². The summed E-state index contributed by atoms with van der Waals surface area (Å²) < 4.78 is 13.0. The van der Waals surface area contributed by atoms with Gasteiger partial charge in [0.2, 0.25) is 0 Å². The van der Waals surface area contributed by atoms with E-state index in [1.165, 1.54) is 0 Å². The summed E-state index contributed by atoms with van der Waals surface area (Å²) >= 11 is 0. The van der Waals surface area contributed by atoms with Crippen LogP contribution in [0.1, 0.15) is 24.4 Å². The number of hydrogen-bond donors (Lipinski definition) is 0. The number of morpholine rings is 1. The molecule has 5 heterocycles. The first-order valence-corrected chi connectivity index (χ1v) is 10.5. The van der Waals surface area contributed by atoms with Gasteiger partial charge in [0.05, 0.1) is 37.9 Å². The zero-order chi connectivity index (χ0) is 20.3. The van der Waals surface area contributed by atoms with E-state index in [0.29, 0.717) is 6.04 Å². The summed E-state index contributed by atoms with van der Waals surface area (Å²) in [5.41, 5.74) is 2.06. The Bertz CT molecular complexity index is 994. The zero-order valence-electron chi connectivity index (χ0n) is 17.3. The third-order valence-corrected chi connectivity index (χ3v) is 6.06. The lowest BCUT2D eigenvalue weighted by Crippen LogP contribution is -2.37. The van der Waals surface area contributed by atoms with Gasteiger partial charge in [0.15, 0.2) is 5.65 Å². The van der Waals surface area contributed by atoms with Crippen molar-refractivity contribution in [3.05, 3.63) is 36.5 Å². The van der Waals surface area contributed by atoms with E-state index in [9.17, 15) is 0 Å². The second-order valence-corrected chi connectivity index (χ2v) is 7.82. The highest BCUT2D eigenvalue weighted by atomic mass is 16.5. The molecule has 0 amide bonds. The summed E-state index contributed by atoms with van der Waals surface area (Å²) in [5.74, 6) is 1.87. The number of piperidine rings is 1. The van der Waals surface area contributed by atoms with Gasteiger partial charge >= 0.3 is 0 Å². The normalized spacial score (nSPS) is 18.8. The SMILES string of the molecule is COc1ccncc1CN1CCC(n2ncc3c(N4CCOCC4)ncnc32)CC1. The van der Waals surface area contributed by atoms with E-state index in [4.69, 9.17) is 14.6 Å². The lowest BCUT2D eigenvalue weighted by atomic mass is 10.0.